The molecule has 1 aromatic heterocycles. The lowest BCUT2D eigenvalue weighted by Gasteiger charge is -2.06. The molecule has 0 saturated carbocycles. The van der Waals surface area contributed by atoms with Crippen molar-refractivity contribution in [3.05, 3.63) is 56.0 Å². The predicted molar refractivity (Wildman–Crippen MR) is 81.4 cm³/mol. The molecule has 0 aliphatic carbocycles. The van der Waals surface area contributed by atoms with Crippen LogP contribution in [0.1, 0.15) is 12.0 Å². The van der Waals surface area contributed by atoms with Gasteiger partial charge in [0, 0.05) is 24.5 Å². The third-order valence-corrected chi connectivity index (χ3v) is 3.76. The normalized spacial score (nSPS) is 16.7. The quantitative estimate of drug-likeness (QED) is 0.676. The van der Waals surface area contributed by atoms with Gasteiger partial charge in [0.15, 0.2) is 0 Å². The zero-order valence-electron chi connectivity index (χ0n) is 11.6. The fourth-order valence-corrected chi connectivity index (χ4v) is 2.67. The number of nitro benzene ring substituents is 1. The highest BCUT2D eigenvalue weighted by Gasteiger charge is 2.17. The molecule has 2 aromatic rings. The van der Waals surface area contributed by atoms with Crippen molar-refractivity contribution in [1.29, 1.82) is 0 Å². The Morgan fingerprint density at radius 2 is 2.14 bits per heavy atom. The molecule has 0 atom stereocenters. The molecule has 0 spiro atoms. The van der Waals surface area contributed by atoms with Crippen LogP contribution in [-0.2, 0) is 0 Å². The molecule has 0 bridgehead atoms. The standard InChI is InChI=1S/C15H15N3O3/c1-10-2-3-13-12(14(10)18(20)21)5-7-17(15(13)19)9-11-4-6-16-8-11/h2-3,5,7,9,16H,4,6,8H2,1H3. The first kappa shape index (κ1) is 13.5. The lowest BCUT2D eigenvalue weighted by atomic mass is 10.1. The summed E-state index contributed by atoms with van der Waals surface area (Å²) in [5.41, 5.74) is 1.49. The summed E-state index contributed by atoms with van der Waals surface area (Å²) < 4.78 is 1.50. The summed E-state index contributed by atoms with van der Waals surface area (Å²) in [7, 11) is 0. The summed E-state index contributed by atoms with van der Waals surface area (Å²) >= 11 is 0. The van der Waals surface area contributed by atoms with Crippen molar-refractivity contribution in [1.82, 2.24) is 9.88 Å². The van der Waals surface area contributed by atoms with E-state index in [2.05, 4.69) is 5.32 Å². The Morgan fingerprint density at radius 1 is 1.33 bits per heavy atom. The van der Waals surface area contributed by atoms with Crippen molar-refractivity contribution in [2.45, 2.75) is 13.3 Å². The molecule has 6 heteroatoms. The number of benzene rings is 1. The molecule has 1 aliphatic heterocycles. The van der Waals surface area contributed by atoms with Crippen molar-refractivity contribution in [3.63, 3.8) is 0 Å². The van der Waals surface area contributed by atoms with Gasteiger partial charge in [-0.25, -0.2) is 0 Å². The van der Waals surface area contributed by atoms with Crippen molar-refractivity contribution < 1.29 is 4.92 Å². The Morgan fingerprint density at radius 3 is 2.81 bits per heavy atom. The molecule has 3 rings (SSSR count). The first-order valence-corrected chi connectivity index (χ1v) is 6.77. The molecular weight excluding hydrogens is 270 g/mol. The van der Waals surface area contributed by atoms with Crippen molar-refractivity contribution in [2.75, 3.05) is 13.1 Å². The first-order valence-electron chi connectivity index (χ1n) is 6.77. The van der Waals surface area contributed by atoms with E-state index in [-0.39, 0.29) is 11.2 Å². The monoisotopic (exact) mass is 285 g/mol. The number of aryl methyl sites for hydroxylation is 1. The molecule has 21 heavy (non-hydrogen) atoms. The summed E-state index contributed by atoms with van der Waals surface area (Å²) in [5.74, 6) is 0. The highest BCUT2D eigenvalue weighted by Crippen LogP contribution is 2.27. The summed E-state index contributed by atoms with van der Waals surface area (Å²) in [6, 6.07) is 4.92. The van der Waals surface area contributed by atoms with Crippen LogP contribution in [0.4, 0.5) is 5.69 Å². The number of nitrogens with zero attached hydrogens (tertiary/aromatic N) is 2. The van der Waals surface area contributed by atoms with Gasteiger partial charge in [-0.15, -0.1) is 0 Å². The topological polar surface area (TPSA) is 77.2 Å². The van der Waals surface area contributed by atoms with E-state index >= 15 is 0 Å². The van der Waals surface area contributed by atoms with Crippen LogP contribution in [-0.4, -0.2) is 22.6 Å². The van der Waals surface area contributed by atoms with E-state index in [1.165, 1.54) is 4.57 Å². The highest BCUT2D eigenvalue weighted by atomic mass is 16.6. The number of nitrogens with one attached hydrogen (secondary N) is 1. The Bertz CT molecular complexity index is 813. The van der Waals surface area contributed by atoms with Gasteiger partial charge in [0.1, 0.15) is 0 Å². The molecule has 108 valence electrons. The number of aromatic nitrogens is 1. The van der Waals surface area contributed by atoms with Gasteiger partial charge in [-0.3, -0.25) is 19.5 Å². The average Bonchev–Trinajstić information content (AvgIpc) is 2.94. The van der Waals surface area contributed by atoms with Crippen LogP contribution in [0.2, 0.25) is 0 Å². The Hall–Kier alpha value is -2.47. The molecule has 0 radical (unpaired) electrons. The fourth-order valence-electron chi connectivity index (χ4n) is 2.67. The second-order valence-electron chi connectivity index (χ2n) is 5.19. The van der Waals surface area contributed by atoms with Gasteiger partial charge in [-0.1, -0.05) is 6.07 Å². The molecule has 1 aliphatic rings. The number of fused-ring (bicyclic) bond motifs is 1. The van der Waals surface area contributed by atoms with Crippen LogP contribution in [0.3, 0.4) is 0 Å². The molecule has 0 amide bonds. The van der Waals surface area contributed by atoms with Crippen molar-refractivity contribution in [2.24, 2.45) is 0 Å². The summed E-state index contributed by atoms with van der Waals surface area (Å²) in [4.78, 5) is 23.2. The van der Waals surface area contributed by atoms with E-state index in [4.69, 9.17) is 0 Å². The smallest absolute Gasteiger partial charge is 0.280 e. The van der Waals surface area contributed by atoms with Gasteiger partial charge in [-0.2, -0.15) is 0 Å². The minimum atomic E-state index is -0.430. The molecule has 1 saturated heterocycles. The second kappa shape index (κ2) is 5.14. The summed E-state index contributed by atoms with van der Waals surface area (Å²) in [5, 5.41) is 15.2. The van der Waals surface area contributed by atoms with Crippen molar-refractivity contribution >= 4 is 22.7 Å². The largest absolute Gasteiger partial charge is 0.313 e. The maximum atomic E-state index is 12.5. The number of hydrogen-bond acceptors (Lipinski definition) is 4. The van der Waals surface area contributed by atoms with Crippen LogP contribution >= 0.6 is 0 Å². The van der Waals surface area contributed by atoms with Gasteiger partial charge in [0.25, 0.3) is 11.2 Å². The van der Waals surface area contributed by atoms with Gasteiger partial charge in [0.2, 0.25) is 0 Å². The van der Waals surface area contributed by atoms with E-state index in [0.717, 1.165) is 25.1 Å². The maximum Gasteiger partial charge on any atom is 0.280 e. The Kier molecular flexibility index (Phi) is 3.31. The van der Waals surface area contributed by atoms with E-state index in [9.17, 15) is 14.9 Å². The van der Waals surface area contributed by atoms with Crippen LogP contribution in [0.25, 0.3) is 17.0 Å². The Balaban J connectivity index is 2.23. The zero-order chi connectivity index (χ0) is 15.0. The van der Waals surface area contributed by atoms with Gasteiger partial charge in [-0.05, 0) is 37.6 Å². The Labute approximate surface area is 120 Å². The molecule has 2 heterocycles. The number of hydrogen-bond donors (Lipinski definition) is 1. The zero-order valence-corrected chi connectivity index (χ0v) is 11.6. The molecule has 1 N–H and O–H groups in total. The number of nitro groups is 1. The highest BCUT2D eigenvalue weighted by molar-refractivity contribution is 5.91. The van der Waals surface area contributed by atoms with E-state index in [1.54, 1.807) is 31.3 Å². The fraction of sp³-hybridized carbons (Fsp3) is 0.267. The maximum absolute atomic E-state index is 12.5. The first-order chi connectivity index (χ1) is 10.1. The van der Waals surface area contributed by atoms with Crippen LogP contribution in [0, 0.1) is 17.0 Å². The van der Waals surface area contributed by atoms with E-state index in [1.807, 2.05) is 6.20 Å². The van der Waals surface area contributed by atoms with E-state index in [0.29, 0.717) is 16.3 Å². The molecule has 6 nitrogen and oxygen atoms in total. The SMILES string of the molecule is Cc1ccc2c(=O)n(C=C3CCNC3)ccc2c1[N+](=O)[O-]. The van der Waals surface area contributed by atoms with Gasteiger partial charge >= 0.3 is 0 Å². The molecule has 0 unspecified atom stereocenters. The molecule has 1 aromatic carbocycles. The minimum Gasteiger partial charge on any atom is -0.313 e. The van der Waals surface area contributed by atoms with Crippen molar-refractivity contribution in [3.8, 4) is 0 Å². The lowest BCUT2D eigenvalue weighted by molar-refractivity contribution is -0.383. The second-order valence-corrected chi connectivity index (χ2v) is 5.19. The minimum absolute atomic E-state index is 0.00642. The third-order valence-electron chi connectivity index (χ3n) is 3.76. The third kappa shape index (κ3) is 2.34. The van der Waals surface area contributed by atoms with Crippen LogP contribution in [0.15, 0.2) is 34.8 Å². The average molecular weight is 285 g/mol. The van der Waals surface area contributed by atoms with E-state index < -0.39 is 4.92 Å². The van der Waals surface area contributed by atoms with Gasteiger partial charge < -0.3 is 5.32 Å². The molecule has 1 fully saturated rings. The predicted octanol–water partition coefficient (Wildman–Crippen LogP) is 2.05. The van der Waals surface area contributed by atoms with Crippen LogP contribution in [0.5, 0.6) is 0 Å². The van der Waals surface area contributed by atoms with Crippen LogP contribution < -0.4 is 10.9 Å². The lowest BCUT2D eigenvalue weighted by Crippen LogP contribution is -2.16. The van der Waals surface area contributed by atoms with Gasteiger partial charge in [0.05, 0.1) is 15.7 Å². The summed E-state index contributed by atoms with van der Waals surface area (Å²) in [6.07, 6.45) is 4.33. The number of rotatable bonds is 2. The molecular formula is C15H15N3O3. The number of pyridine rings is 1. The summed E-state index contributed by atoms with van der Waals surface area (Å²) in [6.45, 7) is 3.37.